The fraction of sp³-hybridized carbons (Fsp3) is 0.625. The van der Waals surface area contributed by atoms with Gasteiger partial charge in [0.1, 0.15) is 9.84 Å². The second kappa shape index (κ2) is 8.81. The molecule has 1 saturated heterocycles. The zero-order valence-corrected chi connectivity index (χ0v) is 17.0. The highest BCUT2D eigenvalue weighted by molar-refractivity contribution is 7.92. The van der Waals surface area contributed by atoms with Crippen LogP contribution >= 0.6 is 12.4 Å². The average molecular weight is 411 g/mol. The zero-order chi connectivity index (χ0) is 18.0. The third-order valence-electron chi connectivity index (χ3n) is 4.48. The Hall–Kier alpha value is -0.670. The minimum Gasteiger partial charge on any atom is -0.323 e. The van der Waals surface area contributed by atoms with Gasteiger partial charge in [0.25, 0.3) is 0 Å². The van der Waals surface area contributed by atoms with Crippen molar-refractivity contribution in [2.24, 2.45) is 5.73 Å². The normalized spacial score (nSPS) is 19.4. The van der Waals surface area contributed by atoms with Gasteiger partial charge in [0.2, 0.25) is 10.0 Å². The largest absolute Gasteiger partial charge is 0.323 e. The molecule has 0 amide bonds. The lowest BCUT2D eigenvalue weighted by Gasteiger charge is -2.23. The van der Waals surface area contributed by atoms with Crippen LogP contribution in [0.15, 0.2) is 24.3 Å². The maximum atomic E-state index is 12.3. The summed E-state index contributed by atoms with van der Waals surface area (Å²) in [6.07, 6.45) is 0.298. The zero-order valence-electron chi connectivity index (χ0n) is 14.5. The third-order valence-corrected chi connectivity index (χ3v) is 8.11. The fourth-order valence-electron chi connectivity index (χ4n) is 2.75. The first-order valence-electron chi connectivity index (χ1n) is 8.15. The molecule has 9 heteroatoms. The van der Waals surface area contributed by atoms with Gasteiger partial charge in [-0.25, -0.2) is 21.6 Å². The van der Waals surface area contributed by atoms with Crippen molar-refractivity contribution in [2.45, 2.75) is 43.9 Å². The number of hydrogen-bond acceptors (Lipinski definition) is 5. The number of benzene rings is 1. The van der Waals surface area contributed by atoms with E-state index in [1.54, 1.807) is 0 Å². The Balaban J connectivity index is 0.00000312. The van der Waals surface area contributed by atoms with Gasteiger partial charge in [-0.3, -0.25) is 0 Å². The molecular formula is C16H27ClN2O4S2. The first-order chi connectivity index (χ1) is 11.1. The molecule has 1 aromatic rings. The van der Waals surface area contributed by atoms with Crippen LogP contribution in [0.5, 0.6) is 0 Å². The van der Waals surface area contributed by atoms with Crippen molar-refractivity contribution >= 4 is 32.3 Å². The highest BCUT2D eigenvalue weighted by Gasteiger charge is 2.32. The van der Waals surface area contributed by atoms with Crippen LogP contribution in [-0.4, -0.2) is 40.1 Å². The molecule has 1 unspecified atom stereocenters. The fourth-order valence-corrected chi connectivity index (χ4v) is 6.04. The van der Waals surface area contributed by atoms with Crippen LogP contribution in [-0.2, 0) is 19.9 Å². The van der Waals surface area contributed by atoms with E-state index in [2.05, 4.69) is 18.6 Å². The molecule has 0 spiro atoms. The second-order valence-electron chi connectivity index (χ2n) is 6.67. The predicted octanol–water partition coefficient (Wildman–Crippen LogP) is 1.73. The lowest BCUT2D eigenvalue weighted by Crippen LogP contribution is -2.42. The number of hydrogen-bond donors (Lipinski definition) is 2. The van der Waals surface area contributed by atoms with E-state index in [4.69, 9.17) is 5.73 Å². The van der Waals surface area contributed by atoms with Gasteiger partial charge in [-0.15, -0.1) is 12.4 Å². The van der Waals surface area contributed by atoms with Gasteiger partial charge < -0.3 is 5.73 Å². The highest BCUT2D eigenvalue weighted by atomic mass is 35.5. The molecule has 6 nitrogen and oxygen atoms in total. The number of nitrogens with two attached hydrogens (primary N) is 1. The molecule has 0 saturated carbocycles. The Morgan fingerprint density at radius 2 is 1.60 bits per heavy atom. The number of sulfone groups is 1. The van der Waals surface area contributed by atoms with Crippen LogP contribution in [0.25, 0.3) is 0 Å². The third kappa shape index (κ3) is 6.21. The van der Waals surface area contributed by atoms with Crippen LogP contribution in [0.4, 0.5) is 0 Å². The molecule has 0 bridgehead atoms. The molecule has 2 rings (SSSR count). The smallest absolute Gasteiger partial charge is 0.214 e. The SMILES string of the molecule is CC(C)c1ccc(C(N)CNS(=O)(=O)C2CCS(=O)(=O)CC2)cc1.Cl. The Labute approximate surface area is 157 Å². The van der Waals surface area contributed by atoms with Crippen LogP contribution < -0.4 is 10.5 Å². The van der Waals surface area contributed by atoms with Crippen molar-refractivity contribution in [3.05, 3.63) is 35.4 Å². The van der Waals surface area contributed by atoms with Crippen molar-refractivity contribution in [3.63, 3.8) is 0 Å². The van der Waals surface area contributed by atoms with Gasteiger partial charge in [-0.05, 0) is 29.9 Å². The summed E-state index contributed by atoms with van der Waals surface area (Å²) in [5, 5.41) is -0.656. The van der Waals surface area contributed by atoms with Crippen LogP contribution in [0, 0.1) is 0 Å². The van der Waals surface area contributed by atoms with Gasteiger partial charge in [0, 0.05) is 12.6 Å². The Morgan fingerprint density at radius 1 is 1.12 bits per heavy atom. The van der Waals surface area contributed by atoms with Crippen LogP contribution in [0.3, 0.4) is 0 Å². The monoisotopic (exact) mass is 410 g/mol. The summed E-state index contributed by atoms with van der Waals surface area (Å²) < 4.78 is 50.0. The van der Waals surface area contributed by atoms with E-state index < -0.39 is 31.2 Å². The molecule has 1 aromatic carbocycles. The van der Waals surface area contributed by atoms with Gasteiger partial charge in [0.05, 0.1) is 16.8 Å². The quantitative estimate of drug-likeness (QED) is 0.742. The standard InChI is InChI=1S/C16H26N2O4S2.ClH/c1-12(2)13-3-5-14(6-4-13)16(17)11-18-24(21,22)15-7-9-23(19,20)10-8-15;/h3-6,12,15-16,18H,7-11,17H2,1-2H3;1H. The lowest BCUT2D eigenvalue weighted by atomic mass is 9.99. The van der Waals surface area contributed by atoms with E-state index in [-0.39, 0.29) is 43.3 Å². The molecule has 1 heterocycles. The van der Waals surface area contributed by atoms with Crippen molar-refractivity contribution < 1.29 is 16.8 Å². The van der Waals surface area contributed by atoms with Crippen molar-refractivity contribution in [2.75, 3.05) is 18.1 Å². The molecule has 0 radical (unpaired) electrons. The van der Waals surface area contributed by atoms with Crippen LogP contribution in [0.1, 0.15) is 49.8 Å². The van der Waals surface area contributed by atoms with E-state index in [0.29, 0.717) is 5.92 Å². The van der Waals surface area contributed by atoms with Crippen molar-refractivity contribution in [3.8, 4) is 0 Å². The first kappa shape index (κ1) is 22.4. The van der Waals surface area contributed by atoms with Gasteiger partial charge in [-0.2, -0.15) is 0 Å². The summed E-state index contributed by atoms with van der Waals surface area (Å²) in [4.78, 5) is 0. The number of rotatable bonds is 6. The second-order valence-corrected chi connectivity index (χ2v) is 11.0. The molecule has 25 heavy (non-hydrogen) atoms. The Kier molecular flexibility index (Phi) is 7.89. The molecule has 1 fully saturated rings. The van der Waals surface area contributed by atoms with Crippen LogP contribution in [0.2, 0.25) is 0 Å². The number of halogens is 1. The van der Waals surface area contributed by atoms with E-state index in [1.165, 1.54) is 5.56 Å². The minimum absolute atomic E-state index is 0. The van der Waals surface area contributed by atoms with E-state index in [9.17, 15) is 16.8 Å². The molecule has 0 aromatic heterocycles. The summed E-state index contributed by atoms with van der Waals surface area (Å²) in [5.74, 6) is 0.291. The topological polar surface area (TPSA) is 106 Å². The van der Waals surface area contributed by atoms with E-state index in [0.717, 1.165) is 5.56 Å². The maximum Gasteiger partial charge on any atom is 0.214 e. The van der Waals surface area contributed by atoms with Crippen molar-refractivity contribution in [1.82, 2.24) is 4.72 Å². The first-order valence-corrected chi connectivity index (χ1v) is 11.5. The van der Waals surface area contributed by atoms with E-state index >= 15 is 0 Å². The van der Waals surface area contributed by atoms with E-state index in [1.807, 2.05) is 24.3 Å². The van der Waals surface area contributed by atoms with Gasteiger partial charge in [-0.1, -0.05) is 38.1 Å². The lowest BCUT2D eigenvalue weighted by molar-refractivity contribution is 0.537. The minimum atomic E-state index is -3.55. The van der Waals surface area contributed by atoms with Crippen molar-refractivity contribution in [1.29, 1.82) is 0 Å². The number of nitrogens with one attached hydrogen (secondary N) is 1. The summed E-state index contributed by atoms with van der Waals surface area (Å²) in [6, 6.07) is 7.40. The summed E-state index contributed by atoms with van der Waals surface area (Å²) in [5.41, 5.74) is 8.15. The molecule has 1 aliphatic heterocycles. The molecule has 1 aliphatic rings. The Bertz CT molecular complexity index is 748. The molecule has 1 atom stereocenters. The molecule has 144 valence electrons. The molecular weight excluding hydrogens is 384 g/mol. The van der Waals surface area contributed by atoms with Gasteiger partial charge in [0.15, 0.2) is 0 Å². The summed E-state index contributed by atoms with van der Waals surface area (Å²) in [7, 11) is -6.63. The van der Waals surface area contributed by atoms with Gasteiger partial charge >= 0.3 is 0 Å². The Morgan fingerprint density at radius 3 is 2.08 bits per heavy atom. The molecule has 0 aliphatic carbocycles. The predicted molar refractivity (Wildman–Crippen MR) is 103 cm³/mol. The maximum absolute atomic E-state index is 12.3. The number of sulfonamides is 1. The highest BCUT2D eigenvalue weighted by Crippen LogP contribution is 2.20. The molecule has 3 N–H and O–H groups in total. The summed E-state index contributed by atoms with van der Waals surface area (Å²) >= 11 is 0. The average Bonchev–Trinajstić information content (AvgIpc) is 2.52. The summed E-state index contributed by atoms with van der Waals surface area (Å²) in [6.45, 7) is 4.31.